The summed E-state index contributed by atoms with van der Waals surface area (Å²) in [5, 5.41) is 14.2. The maximum absolute atomic E-state index is 12.9. The molecular weight excluding hydrogens is 295 g/mol. The lowest BCUT2D eigenvalue weighted by Gasteiger charge is -2.12. The van der Waals surface area contributed by atoms with E-state index in [-0.39, 0.29) is 11.8 Å². The molecule has 0 amide bonds. The van der Waals surface area contributed by atoms with Crippen LogP contribution in [0.15, 0.2) is 30.3 Å². The zero-order valence-electron chi connectivity index (χ0n) is 11.6. The highest BCUT2D eigenvalue weighted by atomic mass is 19.4. The highest BCUT2D eigenvalue weighted by molar-refractivity contribution is 5.59. The second kappa shape index (κ2) is 6.30. The molecule has 2 rings (SSSR count). The van der Waals surface area contributed by atoms with Crippen molar-refractivity contribution < 1.29 is 13.2 Å². The van der Waals surface area contributed by atoms with Gasteiger partial charge in [-0.25, -0.2) is 4.98 Å². The van der Waals surface area contributed by atoms with Crippen LogP contribution < -0.4 is 10.6 Å². The van der Waals surface area contributed by atoms with Gasteiger partial charge in [-0.2, -0.15) is 23.4 Å². The van der Waals surface area contributed by atoms with Gasteiger partial charge in [0.25, 0.3) is 0 Å². The van der Waals surface area contributed by atoms with Crippen molar-refractivity contribution in [3.8, 4) is 6.07 Å². The van der Waals surface area contributed by atoms with E-state index in [1.54, 1.807) is 25.1 Å². The van der Waals surface area contributed by atoms with E-state index in [9.17, 15) is 13.2 Å². The summed E-state index contributed by atoms with van der Waals surface area (Å²) >= 11 is 0. The number of halogens is 3. The minimum absolute atomic E-state index is 0.00614. The van der Waals surface area contributed by atoms with E-state index in [4.69, 9.17) is 5.26 Å². The molecule has 0 atom stereocenters. The first-order chi connectivity index (χ1) is 10.4. The summed E-state index contributed by atoms with van der Waals surface area (Å²) in [5.41, 5.74) is -0.187. The minimum Gasteiger partial charge on any atom is -0.354 e. The zero-order valence-corrected chi connectivity index (χ0v) is 11.6. The maximum Gasteiger partial charge on any atom is 0.433 e. The average molecular weight is 307 g/mol. The van der Waals surface area contributed by atoms with Crippen LogP contribution in [0.2, 0.25) is 0 Å². The van der Waals surface area contributed by atoms with Crippen LogP contribution in [0.25, 0.3) is 0 Å². The van der Waals surface area contributed by atoms with Crippen LogP contribution in [0.5, 0.6) is 0 Å². The second-order valence-corrected chi connectivity index (χ2v) is 4.31. The Kier molecular flexibility index (Phi) is 4.46. The van der Waals surface area contributed by atoms with Crippen LogP contribution in [-0.2, 0) is 6.18 Å². The van der Waals surface area contributed by atoms with Gasteiger partial charge in [0.05, 0.1) is 11.6 Å². The number of rotatable bonds is 4. The molecule has 8 heteroatoms. The fraction of sp³-hybridized carbons (Fsp3) is 0.214. The third-order valence-electron chi connectivity index (χ3n) is 2.62. The quantitative estimate of drug-likeness (QED) is 0.903. The van der Waals surface area contributed by atoms with Crippen LogP contribution in [0.3, 0.4) is 0 Å². The Hall–Kier alpha value is -2.82. The number of hydrogen-bond donors (Lipinski definition) is 2. The predicted octanol–water partition coefficient (Wildman–Crippen LogP) is 3.54. The topological polar surface area (TPSA) is 73.6 Å². The number of hydrogen-bond acceptors (Lipinski definition) is 5. The number of nitrogens with zero attached hydrogens (tertiary/aromatic N) is 3. The number of aromatic nitrogens is 2. The van der Waals surface area contributed by atoms with Crippen molar-refractivity contribution in [2.24, 2.45) is 0 Å². The number of alkyl halides is 3. The van der Waals surface area contributed by atoms with Gasteiger partial charge in [0, 0.05) is 18.3 Å². The first-order valence-electron chi connectivity index (χ1n) is 6.39. The van der Waals surface area contributed by atoms with Crippen molar-refractivity contribution in [2.75, 3.05) is 17.2 Å². The van der Waals surface area contributed by atoms with E-state index in [0.29, 0.717) is 17.8 Å². The van der Waals surface area contributed by atoms with E-state index in [1.807, 2.05) is 6.07 Å². The molecule has 0 unspecified atom stereocenters. The Balaban J connectivity index is 2.37. The van der Waals surface area contributed by atoms with Crippen LogP contribution in [0.4, 0.5) is 30.6 Å². The number of nitrogens with one attached hydrogen (secondary N) is 2. The van der Waals surface area contributed by atoms with Gasteiger partial charge in [0.15, 0.2) is 5.69 Å². The smallest absolute Gasteiger partial charge is 0.354 e. The largest absolute Gasteiger partial charge is 0.433 e. The van der Waals surface area contributed by atoms with Gasteiger partial charge in [0.2, 0.25) is 5.95 Å². The third-order valence-corrected chi connectivity index (χ3v) is 2.62. The van der Waals surface area contributed by atoms with Gasteiger partial charge in [-0.3, -0.25) is 0 Å². The van der Waals surface area contributed by atoms with Crippen LogP contribution in [0.1, 0.15) is 18.2 Å². The first-order valence-corrected chi connectivity index (χ1v) is 6.39. The highest BCUT2D eigenvalue weighted by Crippen LogP contribution is 2.30. The predicted molar refractivity (Wildman–Crippen MR) is 75.6 cm³/mol. The van der Waals surface area contributed by atoms with Gasteiger partial charge >= 0.3 is 6.18 Å². The molecule has 0 aliphatic carbocycles. The Labute approximate surface area is 124 Å². The van der Waals surface area contributed by atoms with Gasteiger partial charge < -0.3 is 10.6 Å². The highest BCUT2D eigenvalue weighted by Gasteiger charge is 2.33. The van der Waals surface area contributed by atoms with E-state index in [1.165, 1.54) is 6.07 Å². The Morgan fingerprint density at radius 1 is 1.23 bits per heavy atom. The molecule has 0 radical (unpaired) electrons. The van der Waals surface area contributed by atoms with Crippen molar-refractivity contribution in [3.05, 3.63) is 41.6 Å². The molecule has 1 aromatic carbocycles. The Morgan fingerprint density at radius 2 is 2.00 bits per heavy atom. The molecule has 1 heterocycles. The second-order valence-electron chi connectivity index (χ2n) is 4.31. The molecule has 0 aliphatic heterocycles. The van der Waals surface area contributed by atoms with E-state index in [0.717, 1.165) is 6.07 Å². The van der Waals surface area contributed by atoms with Crippen molar-refractivity contribution in [3.63, 3.8) is 0 Å². The summed E-state index contributed by atoms with van der Waals surface area (Å²) in [6.45, 7) is 2.12. The molecule has 5 nitrogen and oxygen atoms in total. The normalized spacial score (nSPS) is 10.9. The van der Waals surface area contributed by atoms with Crippen LogP contribution >= 0.6 is 0 Å². The Bertz CT molecular complexity index is 706. The summed E-state index contributed by atoms with van der Waals surface area (Å²) in [7, 11) is 0. The monoisotopic (exact) mass is 307 g/mol. The lowest BCUT2D eigenvalue weighted by molar-refractivity contribution is -0.141. The zero-order chi connectivity index (χ0) is 16.2. The fourth-order valence-electron chi connectivity index (χ4n) is 1.71. The SMILES string of the molecule is CCNc1nc(Nc2cccc(C#N)c2)cc(C(F)(F)F)n1. The summed E-state index contributed by atoms with van der Waals surface area (Å²) < 4.78 is 38.6. The molecule has 1 aromatic heterocycles. The summed E-state index contributed by atoms with van der Waals surface area (Å²) in [6, 6.07) is 9.14. The Morgan fingerprint density at radius 3 is 2.64 bits per heavy atom. The molecule has 0 aliphatic rings. The van der Waals surface area contributed by atoms with Gasteiger partial charge in [-0.15, -0.1) is 0 Å². The molecular formula is C14H12F3N5. The van der Waals surface area contributed by atoms with Gasteiger partial charge in [-0.05, 0) is 25.1 Å². The minimum atomic E-state index is -4.57. The molecule has 0 bridgehead atoms. The van der Waals surface area contributed by atoms with E-state index < -0.39 is 11.9 Å². The molecule has 0 fully saturated rings. The van der Waals surface area contributed by atoms with Crippen molar-refractivity contribution in [1.29, 1.82) is 5.26 Å². The summed E-state index contributed by atoms with van der Waals surface area (Å²) in [5.74, 6) is -0.121. The molecule has 0 spiro atoms. The summed E-state index contributed by atoms with van der Waals surface area (Å²) in [6.07, 6.45) is -4.57. The number of anilines is 3. The lowest BCUT2D eigenvalue weighted by atomic mass is 10.2. The standard InChI is InChI=1S/C14H12F3N5/c1-2-19-13-21-11(14(15,16)17)7-12(22-13)20-10-5-3-4-9(6-10)8-18/h3-7H,2H2,1H3,(H2,19,20,21,22). The molecule has 114 valence electrons. The molecule has 2 N–H and O–H groups in total. The molecule has 2 aromatic rings. The molecule has 0 saturated heterocycles. The summed E-state index contributed by atoms with van der Waals surface area (Å²) in [4.78, 5) is 7.40. The number of nitriles is 1. The third kappa shape index (κ3) is 3.85. The lowest BCUT2D eigenvalue weighted by Crippen LogP contribution is -2.13. The van der Waals surface area contributed by atoms with E-state index >= 15 is 0 Å². The van der Waals surface area contributed by atoms with Crippen LogP contribution in [-0.4, -0.2) is 16.5 Å². The fourth-order valence-corrected chi connectivity index (χ4v) is 1.71. The average Bonchev–Trinajstić information content (AvgIpc) is 2.46. The van der Waals surface area contributed by atoms with Gasteiger partial charge in [-0.1, -0.05) is 6.07 Å². The maximum atomic E-state index is 12.9. The van der Waals surface area contributed by atoms with Crippen molar-refractivity contribution in [2.45, 2.75) is 13.1 Å². The molecule has 0 saturated carbocycles. The van der Waals surface area contributed by atoms with Crippen molar-refractivity contribution in [1.82, 2.24) is 9.97 Å². The molecule has 22 heavy (non-hydrogen) atoms. The van der Waals surface area contributed by atoms with Crippen LogP contribution in [0, 0.1) is 11.3 Å². The first kappa shape index (κ1) is 15.6. The van der Waals surface area contributed by atoms with Gasteiger partial charge in [0.1, 0.15) is 5.82 Å². The number of benzene rings is 1. The van der Waals surface area contributed by atoms with E-state index in [2.05, 4.69) is 20.6 Å². The van der Waals surface area contributed by atoms with Crippen molar-refractivity contribution >= 4 is 17.5 Å².